The van der Waals surface area contributed by atoms with E-state index in [0.29, 0.717) is 16.0 Å². The molecule has 0 aliphatic rings. The molecule has 34 heavy (non-hydrogen) atoms. The molecule has 0 saturated carbocycles. The van der Waals surface area contributed by atoms with E-state index in [0.717, 1.165) is 11.3 Å². The van der Waals surface area contributed by atoms with Crippen molar-refractivity contribution in [2.75, 3.05) is 5.75 Å². The van der Waals surface area contributed by atoms with Crippen LogP contribution in [0, 0.1) is 5.82 Å². The highest BCUT2D eigenvalue weighted by Crippen LogP contribution is 2.25. The average molecular weight is 497 g/mol. The summed E-state index contributed by atoms with van der Waals surface area (Å²) in [5.74, 6) is 0.138. The molecule has 1 N–H and O–H groups in total. The molecule has 9 heteroatoms. The van der Waals surface area contributed by atoms with Crippen molar-refractivity contribution in [2.24, 2.45) is 0 Å². The largest absolute Gasteiger partial charge is 0.483 e. The molecule has 0 aliphatic heterocycles. The summed E-state index contributed by atoms with van der Waals surface area (Å²) in [5, 5.41) is 12.6. The molecular weight excluding hydrogens is 475 g/mol. The van der Waals surface area contributed by atoms with Crippen molar-refractivity contribution < 1.29 is 13.9 Å². The SMILES string of the molecule is CC(NC(=O)CSc1nnc(COc2ccccc2F)n1-c1ccccc1)c1ccccc1Cl. The summed E-state index contributed by atoms with van der Waals surface area (Å²) in [7, 11) is 0. The standard InChI is InChI=1S/C25H22ClFN4O2S/c1-17(19-11-5-6-12-20(19)26)28-24(32)16-34-25-30-29-23(31(25)18-9-3-2-4-10-18)15-33-22-14-8-7-13-21(22)27/h2-14,17H,15-16H2,1H3,(H,28,32). The Labute approximate surface area is 206 Å². The lowest BCUT2D eigenvalue weighted by molar-refractivity contribution is -0.119. The van der Waals surface area contributed by atoms with Crippen molar-refractivity contribution in [3.63, 3.8) is 0 Å². The molecule has 1 unspecified atom stereocenters. The Kier molecular flexibility index (Phi) is 7.82. The average Bonchev–Trinajstić information content (AvgIpc) is 3.26. The Hall–Kier alpha value is -3.36. The van der Waals surface area contributed by atoms with Crippen molar-refractivity contribution >= 4 is 29.3 Å². The number of nitrogens with one attached hydrogen (secondary N) is 1. The monoisotopic (exact) mass is 496 g/mol. The number of amides is 1. The Balaban J connectivity index is 1.47. The molecule has 1 atom stereocenters. The first kappa shape index (κ1) is 23.8. The van der Waals surface area contributed by atoms with Crippen molar-refractivity contribution in [1.29, 1.82) is 0 Å². The maximum atomic E-state index is 14.0. The zero-order valence-electron chi connectivity index (χ0n) is 18.3. The number of benzene rings is 3. The number of para-hydroxylation sites is 2. The summed E-state index contributed by atoms with van der Waals surface area (Å²) in [4.78, 5) is 12.6. The normalized spacial score (nSPS) is 11.7. The fourth-order valence-corrected chi connectivity index (χ4v) is 4.43. The lowest BCUT2D eigenvalue weighted by Crippen LogP contribution is -2.28. The van der Waals surface area contributed by atoms with Gasteiger partial charge in [-0.2, -0.15) is 0 Å². The Morgan fingerprint density at radius 2 is 1.76 bits per heavy atom. The van der Waals surface area contributed by atoms with Crippen LogP contribution in [-0.4, -0.2) is 26.4 Å². The molecule has 4 aromatic rings. The third-order valence-electron chi connectivity index (χ3n) is 4.99. The van der Waals surface area contributed by atoms with Gasteiger partial charge in [0.1, 0.15) is 6.61 Å². The summed E-state index contributed by atoms with van der Waals surface area (Å²) in [6.07, 6.45) is 0. The fraction of sp³-hybridized carbons (Fsp3) is 0.160. The lowest BCUT2D eigenvalue weighted by Gasteiger charge is -2.15. The molecule has 4 rings (SSSR count). The summed E-state index contributed by atoms with van der Waals surface area (Å²) >= 11 is 7.49. The van der Waals surface area contributed by atoms with Crippen LogP contribution in [0.25, 0.3) is 5.69 Å². The number of thioether (sulfide) groups is 1. The number of carbonyl (C=O) groups is 1. The second-order valence-electron chi connectivity index (χ2n) is 7.39. The number of ether oxygens (including phenoxy) is 1. The number of rotatable bonds is 9. The van der Waals surface area contributed by atoms with Crippen molar-refractivity contribution in [3.8, 4) is 11.4 Å². The quantitative estimate of drug-likeness (QED) is 0.305. The van der Waals surface area contributed by atoms with E-state index in [2.05, 4.69) is 15.5 Å². The van der Waals surface area contributed by atoms with E-state index in [4.69, 9.17) is 16.3 Å². The van der Waals surface area contributed by atoms with Crippen molar-refractivity contribution in [3.05, 3.63) is 101 Å². The van der Waals surface area contributed by atoms with Crippen LogP contribution in [-0.2, 0) is 11.4 Å². The number of carbonyl (C=O) groups excluding carboxylic acids is 1. The van der Waals surface area contributed by atoms with E-state index in [9.17, 15) is 9.18 Å². The molecule has 1 heterocycles. The number of aromatic nitrogens is 3. The fourth-order valence-electron chi connectivity index (χ4n) is 3.35. The second kappa shape index (κ2) is 11.2. The van der Waals surface area contributed by atoms with Gasteiger partial charge >= 0.3 is 0 Å². The molecule has 3 aromatic carbocycles. The maximum absolute atomic E-state index is 14.0. The van der Waals surface area contributed by atoms with Gasteiger partial charge in [0.15, 0.2) is 22.5 Å². The Morgan fingerprint density at radius 3 is 2.53 bits per heavy atom. The van der Waals surface area contributed by atoms with E-state index in [1.54, 1.807) is 28.8 Å². The van der Waals surface area contributed by atoms with Crippen LogP contribution in [0.1, 0.15) is 24.4 Å². The second-order valence-corrected chi connectivity index (χ2v) is 8.74. The molecule has 0 saturated heterocycles. The van der Waals surface area contributed by atoms with Crippen molar-refractivity contribution in [2.45, 2.75) is 24.7 Å². The minimum atomic E-state index is -0.452. The number of halogens is 2. The van der Waals surface area contributed by atoms with Gasteiger partial charge in [-0.15, -0.1) is 10.2 Å². The molecule has 6 nitrogen and oxygen atoms in total. The molecule has 0 radical (unpaired) electrons. The number of nitrogens with zero attached hydrogens (tertiary/aromatic N) is 3. The van der Waals surface area contributed by atoms with Crippen LogP contribution >= 0.6 is 23.4 Å². The van der Waals surface area contributed by atoms with Crippen molar-refractivity contribution in [1.82, 2.24) is 20.1 Å². The smallest absolute Gasteiger partial charge is 0.230 e. The first-order chi connectivity index (χ1) is 16.5. The molecule has 1 aromatic heterocycles. The topological polar surface area (TPSA) is 69.0 Å². The summed E-state index contributed by atoms with van der Waals surface area (Å²) in [5.41, 5.74) is 1.66. The Bertz CT molecular complexity index is 1270. The van der Waals surface area contributed by atoms with Gasteiger partial charge in [-0.25, -0.2) is 4.39 Å². The van der Waals surface area contributed by atoms with Crippen LogP contribution in [0.15, 0.2) is 84.0 Å². The van der Waals surface area contributed by atoms with Gasteiger partial charge in [-0.1, -0.05) is 71.9 Å². The van der Waals surface area contributed by atoms with Crippen LogP contribution in [0.2, 0.25) is 5.02 Å². The first-order valence-electron chi connectivity index (χ1n) is 10.6. The van der Waals surface area contributed by atoms with Crippen LogP contribution < -0.4 is 10.1 Å². The van der Waals surface area contributed by atoms with E-state index < -0.39 is 5.82 Å². The molecule has 1 amide bonds. The third-order valence-corrected chi connectivity index (χ3v) is 6.26. The predicted molar refractivity (Wildman–Crippen MR) is 131 cm³/mol. The molecule has 0 fully saturated rings. The number of hydrogen-bond acceptors (Lipinski definition) is 5. The molecule has 0 aliphatic carbocycles. The van der Waals surface area contributed by atoms with Crippen LogP contribution in [0.5, 0.6) is 5.75 Å². The van der Waals surface area contributed by atoms with Gasteiger partial charge in [-0.3, -0.25) is 9.36 Å². The van der Waals surface area contributed by atoms with Gasteiger partial charge in [0, 0.05) is 10.7 Å². The summed E-state index contributed by atoms with van der Waals surface area (Å²) < 4.78 is 21.4. The third kappa shape index (κ3) is 5.76. The lowest BCUT2D eigenvalue weighted by atomic mass is 10.1. The molecular formula is C25H22ClFN4O2S. The van der Waals surface area contributed by atoms with Gasteiger partial charge in [0.05, 0.1) is 11.8 Å². The Morgan fingerprint density at radius 1 is 1.06 bits per heavy atom. The van der Waals surface area contributed by atoms with E-state index in [-0.39, 0.29) is 30.1 Å². The first-order valence-corrected chi connectivity index (χ1v) is 11.9. The van der Waals surface area contributed by atoms with Crippen LogP contribution in [0.4, 0.5) is 4.39 Å². The maximum Gasteiger partial charge on any atom is 0.230 e. The predicted octanol–water partition coefficient (Wildman–Crippen LogP) is 5.61. The molecule has 174 valence electrons. The highest BCUT2D eigenvalue weighted by atomic mass is 35.5. The van der Waals surface area contributed by atoms with Gasteiger partial charge < -0.3 is 10.1 Å². The minimum Gasteiger partial charge on any atom is -0.483 e. The van der Waals surface area contributed by atoms with Crippen LogP contribution in [0.3, 0.4) is 0 Å². The van der Waals surface area contributed by atoms with E-state index in [1.807, 2.05) is 55.5 Å². The highest BCUT2D eigenvalue weighted by molar-refractivity contribution is 7.99. The van der Waals surface area contributed by atoms with Gasteiger partial charge in [0.2, 0.25) is 5.91 Å². The van der Waals surface area contributed by atoms with E-state index >= 15 is 0 Å². The zero-order valence-corrected chi connectivity index (χ0v) is 19.9. The number of hydrogen-bond donors (Lipinski definition) is 1. The molecule has 0 bridgehead atoms. The highest BCUT2D eigenvalue weighted by Gasteiger charge is 2.18. The summed E-state index contributed by atoms with van der Waals surface area (Å²) in [6.45, 7) is 1.90. The summed E-state index contributed by atoms with van der Waals surface area (Å²) in [6, 6.07) is 22.8. The van der Waals surface area contributed by atoms with E-state index in [1.165, 1.54) is 17.8 Å². The molecule has 0 spiro atoms. The minimum absolute atomic E-state index is 0.0130. The van der Waals surface area contributed by atoms with Gasteiger partial charge in [0.25, 0.3) is 0 Å². The van der Waals surface area contributed by atoms with Gasteiger partial charge in [-0.05, 0) is 42.8 Å². The zero-order chi connectivity index (χ0) is 23.9.